The van der Waals surface area contributed by atoms with Gasteiger partial charge >= 0.3 is 0 Å². The molecule has 42 valence electrons. The zero-order valence-corrected chi connectivity index (χ0v) is 5.07. The van der Waals surface area contributed by atoms with E-state index in [4.69, 9.17) is 16.7 Å². The lowest BCUT2D eigenvalue weighted by molar-refractivity contribution is 0.299. The minimum atomic E-state index is 0.190. The Bertz CT molecular complexity index is 68.5. The first kappa shape index (κ1) is 6.99. The molecule has 0 unspecified atom stereocenters. The van der Waals surface area contributed by atoms with Crippen LogP contribution < -0.4 is 0 Å². The molecule has 0 rings (SSSR count). The third-order valence-corrected chi connectivity index (χ3v) is 1.06. The molecular weight excluding hydrogens is 112 g/mol. The average molecular weight is 121 g/mol. The van der Waals surface area contributed by atoms with Gasteiger partial charge in [0.25, 0.3) is 0 Å². The van der Waals surface area contributed by atoms with E-state index in [1.165, 1.54) is 5.54 Å². The first-order chi connectivity index (χ1) is 3.31. The normalized spacial score (nSPS) is 12.1. The van der Waals surface area contributed by atoms with Gasteiger partial charge in [0.2, 0.25) is 0 Å². The first-order valence-electron chi connectivity index (χ1n) is 2.18. The molecule has 0 fully saturated rings. The molecule has 0 aromatic heterocycles. The van der Waals surface area contributed by atoms with Gasteiger partial charge in [-0.05, 0) is 13.3 Å². The fraction of sp³-hybridized carbons (Fsp3) is 0.600. The summed E-state index contributed by atoms with van der Waals surface area (Å²) in [6, 6.07) is 0. The molecule has 0 amide bonds. The van der Waals surface area contributed by atoms with Gasteiger partial charge in [-0.3, -0.25) is 0 Å². The lowest BCUT2D eigenvalue weighted by atomic mass is 10.3. The van der Waals surface area contributed by atoms with Crippen molar-refractivity contribution in [1.29, 1.82) is 0 Å². The second-order valence-electron chi connectivity index (χ2n) is 1.43. The summed E-state index contributed by atoms with van der Waals surface area (Å²) in [5.74, 6) is 0. The Hall–Kier alpha value is -0.0100. The molecule has 1 N–H and O–H groups in total. The van der Waals surface area contributed by atoms with E-state index in [1.54, 1.807) is 0 Å². The third kappa shape index (κ3) is 3.83. The van der Waals surface area contributed by atoms with Crippen molar-refractivity contribution in [2.24, 2.45) is 0 Å². The topological polar surface area (TPSA) is 20.2 Å². The van der Waals surface area contributed by atoms with E-state index >= 15 is 0 Å². The van der Waals surface area contributed by atoms with Gasteiger partial charge in [0.15, 0.2) is 0 Å². The van der Waals surface area contributed by atoms with Crippen LogP contribution in [-0.4, -0.2) is 11.7 Å². The largest absolute Gasteiger partial charge is 0.396 e. The Morgan fingerprint density at radius 3 is 2.57 bits per heavy atom. The molecule has 0 saturated heterocycles. The van der Waals surface area contributed by atoms with E-state index in [9.17, 15) is 0 Å². The van der Waals surface area contributed by atoms with Gasteiger partial charge in [0.1, 0.15) is 0 Å². The van der Waals surface area contributed by atoms with E-state index < -0.39 is 0 Å². The Balaban J connectivity index is 3.17. The van der Waals surface area contributed by atoms with E-state index in [0.29, 0.717) is 6.42 Å². The molecule has 0 heterocycles. The highest BCUT2D eigenvalue weighted by atomic mass is 35.5. The van der Waals surface area contributed by atoms with Crippen molar-refractivity contribution in [1.82, 2.24) is 0 Å². The second-order valence-corrected chi connectivity index (χ2v) is 1.65. The monoisotopic (exact) mass is 120 g/mol. The van der Waals surface area contributed by atoms with E-state index in [1.807, 2.05) is 6.92 Å². The zero-order chi connectivity index (χ0) is 5.70. The first-order valence-corrected chi connectivity index (χ1v) is 2.61. The molecule has 0 aliphatic rings. The van der Waals surface area contributed by atoms with E-state index in [0.717, 1.165) is 5.57 Å². The van der Waals surface area contributed by atoms with Gasteiger partial charge in [0.05, 0.1) is 0 Å². The Morgan fingerprint density at radius 2 is 2.43 bits per heavy atom. The molecule has 0 bridgehead atoms. The maximum atomic E-state index is 8.27. The van der Waals surface area contributed by atoms with Gasteiger partial charge in [0, 0.05) is 12.1 Å². The molecule has 0 saturated carbocycles. The van der Waals surface area contributed by atoms with Crippen molar-refractivity contribution in [2.45, 2.75) is 13.3 Å². The summed E-state index contributed by atoms with van der Waals surface area (Å²) in [5, 5.41) is 8.27. The van der Waals surface area contributed by atoms with E-state index in [-0.39, 0.29) is 6.61 Å². The van der Waals surface area contributed by atoms with Gasteiger partial charge in [-0.15, -0.1) is 0 Å². The number of aliphatic hydroxyl groups is 1. The van der Waals surface area contributed by atoms with Gasteiger partial charge in [-0.25, -0.2) is 0 Å². The summed E-state index contributed by atoms with van der Waals surface area (Å²) >= 11 is 5.26. The zero-order valence-electron chi connectivity index (χ0n) is 4.32. The summed E-state index contributed by atoms with van der Waals surface area (Å²) in [6.45, 7) is 2.07. The number of aliphatic hydroxyl groups excluding tert-OH is 1. The fourth-order valence-electron chi connectivity index (χ4n) is 0.231. The number of hydrogen-bond donors (Lipinski definition) is 1. The van der Waals surface area contributed by atoms with Crippen LogP contribution in [0.4, 0.5) is 0 Å². The molecule has 7 heavy (non-hydrogen) atoms. The lowest BCUT2D eigenvalue weighted by Gasteiger charge is -1.89. The van der Waals surface area contributed by atoms with Crippen LogP contribution in [0.5, 0.6) is 0 Å². The van der Waals surface area contributed by atoms with Crippen molar-refractivity contribution < 1.29 is 5.11 Å². The summed E-state index contributed by atoms with van der Waals surface area (Å²) < 4.78 is 0. The molecular formula is C5H9ClO. The molecule has 0 spiro atoms. The van der Waals surface area contributed by atoms with Crippen LogP contribution in [0, 0.1) is 0 Å². The number of hydrogen-bond acceptors (Lipinski definition) is 1. The molecule has 0 atom stereocenters. The van der Waals surface area contributed by atoms with Crippen LogP contribution in [0.3, 0.4) is 0 Å². The van der Waals surface area contributed by atoms with Gasteiger partial charge < -0.3 is 5.11 Å². The molecule has 0 aliphatic heterocycles. The molecule has 0 radical (unpaired) electrons. The maximum absolute atomic E-state index is 8.27. The molecule has 2 heteroatoms. The molecule has 0 aliphatic carbocycles. The quantitative estimate of drug-likeness (QED) is 0.586. The summed E-state index contributed by atoms with van der Waals surface area (Å²) in [7, 11) is 0. The highest BCUT2D eigenvalue weighted by Crippen LogP contribution is 1.98. The standard InChI is InChI=1S/C5H9ClO/c1-5(4-6)2-3-7/h4,7H,2-3H2,1H3/b5-4+. The van der Waals surface area contributed by atoms with Crippen LogP contribution in [0.15, 0.2) is 11.1 Å². The van der Waals surface area contributed by atoms with Crippen molar-refractivity contribution in [3.8, 4) is 0 Å². The van der Waals surface area contributed by atoms with Crippen LogP contribution in [0.25, 0.3) is 0 Å². The SMILES string of the molecule is C/C(=C\Cl)CCO. The van der Waals surface area contributed by atoms with E-state index in [2.05, 4.69) is 0 Å². The minimum Gasteiger partial charge on any atom is -0.396 e. The van der Waals surface area contributed by atoms with Gasteiger partial charge in [-0.2, -0.15) is 0 Å². The Kier molecular flexibility index (Phi) is 4.15. The van der Waals surface area contributed by atoms with Crippen molar-refractivity contribution in [3.63, 3.8) is 0 Å². The van der Waals surface area contributed by atoms with Crippen molar-refractivity contribution in [2.75, 3.05) is 6.61 Å². The second kappa shape index (κ2) is 4.16. The van der Waals surface area contributed by atoms with Crippen LogP contribution >= 0.6 is 11.6 Å². The van der Waals surface area contributed by atoms with Gasteiger partial charge in [-0.1, -0.05) is 17.2 Å². The van der Waals surface area contributed by atoms with Crippen LogP contribution in [0.1, 0.15) is 13.3 Å². The van der Waals surface area contributed by atoms with Crippen molar-refractivity contribution >= 4 is 11.6 Å². The third-order valence-electron chi connectivity index (χ3n) is 0.692. The predicted octanol–water partition coefficient (Wildman–Crippen LogP) is 1.51. The van der Waals surface area contributed by atoms with Crippen LogP contribution in [0.2, 0.25) is 0 Å². The van der Waals surface area contributed by atoms with Crippen LogP contribution in [-0.2, 0) is 0 Å². The molecule has 0 aromatic rings. The molecule has 1 nitrogen and oxygen atoms in total. The maximum Gasteiger partial charge on any atom is 0.0468 e. The highest BCUT2D eigenvalue weighted by Gasteiger charge is 1.82. The summed E-state index contributed by atoms with van der Waals surface area (Å²) in [5.41, 5.74) is 2.50. The van der Waals surface area contributed by atoms with Crippen molar-refractivity contribution in [3.05, 3.63) is 11.1 Å². The predicted molar refractivity (Wildman–Crippen MR) is 31.3 cm³/mol. The summed E-state index contributed by atoms with van der Waals surface area (Å²) in [6.07, 6.45) is 0.684. The number of rotatable bonds is 2. The highest BCUT2D eigenvalue weighted by molar-refractivity contribution is 6.25. The Morgan fingerprint density at radius 1 is 1.86 bits per heavy atom. The summed E-state index contributed by atoms with van der Waals surface area (Å²) in [4.78, 5) is 0. The average Bonchev–Trinajstić information content (AvgIpc) is 1.68. The minimum absolute atomic E-state index is 0.190. The number of halogens is 1. The smallest absolute Gasteiger partial charge is 0.0468 e. The Labute approximate surface area is 48.6 Å². The fourth-order valence-corrected chi connectivity index (χ4v) is 0.340. The molecule has 0 aromatic carbocycles. The lowest BCUT2D eigenvalue weighted by Crippen LogP contribution is -1.80.